The zero-order valence-electron chi connectivity index (χ0n) is 12.1. The standard InChI is InChI=1S/C16H22BrN3/c1-3-18-15(9-8-13-11-19-20(2)12-13)10-14-6-4-5-7-16(14)17/h4-7,11-12,15,18H,3,8-10H2,1-2H3. The minimum absolute atomic E-state index is 0.499. The lowest BCUT2D eigenvalue weighted by Crippen LogP contribution is -2.31. The van der Waals surface area contributed by atoms with Gasteiger partial charge in [-0.1, -0.05) is 41.1 Å². The molecule has 1 aromatic heterocycles. The van der Waals surface area contributed by atoms with E-state index in [1.54, 1.807) is 0 Å². The van der Waals surface area contributed by atoms with Gasteiger partial charge >= 0.3 is 0 Å². The van der Waals surface area contributed by atoms with E-state index in [9.17, 15) is 0 Å². The number of nitrogens with zero attached hydrogens (tertiary/aromatic N) is 2. The Bertz CT molecular complexity index is 536. The van der Waals surface area contributed by atoms with E-state index < -0.39 is 0 Å². The number of rotatable bonds is 7. The second kappa shape index (κ2) is 7.60. The molecule has 1 unspecified atom stereocenters. The fraction of sp³-hybridized carbons (Fsp3) is 0.438. The van der Waals surface area contributed by atoms with Crippen molar-refractivity contribution in [2.24, 2.45) is 7.05 Å². The number of aryl methyl sites for hydroxylation is 2. The van der Waals surface area contributed by atoms with E-state index >= 15 is 0 Å². The van der Waals surface area contributed by atoms with Crippen molar-refractivity contribution in [3.05, 3.63) is 52.3 Å². The number of likely N-dealkylation sites (N-methyl/N-ethyl adjacent to an activating group) is 1. The van der Waals surface area contributed by atoms with Crippen molar-refractivity contribution < 1.29 is 0 Å². The first-order valence-corrected chi connectivity index (χ1v) is 7.92. The van der Waals surface area contributed by atoms with Gasteiger partial charge in [0.25, 0.3) is 0 Å². The molecule has 1 N–H and O–H groups in total. The highest BCUT2D eigenvalue weighted by Gasteiger charge is 2.11. The topological polar surface area (TPSA) is 29.9 Å². The highest BCUT2D eigenvalue weighted by molar-refractivity contribution is 9.10. The Hall–Kier alpha value is -1.13. The molecule has 2 aromatic rings. The molecule has 0 spiro atoms. The van der Waals surface area contributed by atoms with Gasteiger partial charge in [-0.2, -0.15) is 5.10 Å². The van der Waals surface area contributed by atoms with Gasteiger partial charge in [-0.05, 0) is 43.0 Å². The van der Waals surface area contributed by atoms with Gasteiger partial charge in [0, 0.05) is 23.8 Å². The zero-order chi connectivity index (χ0) is 14.4. The summed E-state index contributed by atoms with van der Waals surface area (Å²) >= 11 is 3.63. The van der Waals surface area contributed by atoms with E-state index in [1.165, 1.54) is 15.6 Å². The van der Waals surface area contributed by atoms with E-state index in [4.69, 9.17) is 0 Å². The van der Waals surface area contributed by atoms with Gasteiger partial charge in [-0.3, -0.25) is 4.68 Å². The Morgan fingerprint density at radius 2 is 2.15 bits per heavy atom. The van der Waals surface area contributed by atoms with Gasteiger partial charge in [0.1, 0.15) is 0 Å². The minimum atomic E-state index is 0.499. The molecule has 4 heteroatoms. The highest BCUT2D eigenvalue weighted by Crippen LogP contribution is 2.19. The predicted molar refractivity (Wildman–Crippen MR) is 86.8 cm³/mol. The Morgan fingerprint density at radius 1 is 1.35 bits per heavy atom. The second-order valence-electron chi connectivity index (χ2n) is 5.11. The lowest BCUT2D eigenvalue weighted by atomic mass is 10.00. The van der Waals surface area contributed by atoms with Crippen LogP contribution in [0, 0.1) is 0 Å². The van der Waals surface area contributed by atoms with Crippen LogP contribution < -0.4 is 5.32 Å². The maximum Gasteiger partial charge on any atom is 0.0521 e. The second-order valence-corrected chi connectivity index (χ2v) is 5.97. The third-order valence-electron chi connectivity index (χ3n) is 3.46. The summed E-state index contributed by atoms with van der Waals surface area (Å²) < 4.78 is 3.06. The Morgan fingerprint density at radius 3 is 2.80 bits per heavy atom. The Kier molecular flexibility index (Phi) is 5.80. The van der Waals surface area contributed by atoms with E-state index in [0.717, 1.165) is 25.8 Å². The van der Waals surface area contributed by atoms with Crippen molar-refractivity contribution >= 4 is 15.9 Å². The summed E-state index contributed by atoms with van der Waals surface area (Å²) in [6.07, 6.45) is 7.30. The fourth-order valence-electron chi connectivity index (χ4n) is 2.44. The average Bonchev–Trinajstić information content (AvgIpc) is 2.85. The maximum absolute atomic E-state index is 4.23. The van der Waals surface area contributed by atoms with Crippen LogP contribution in [-0.2, 0) is 19.9 Å². The van der Waals surface area contributed by atoms with Crippen LogP contribution in [-0.4, -0.2) is 22.4 Å². The molecule has 0 saturated carbocycles. The molecule has 0 fully saturated rings. The average molecular weight is 336 g/mol. The van der Waals surface area contributed by atoms with Crippen molar-refractivity contribution in [3.8, 4) is 0 Å². The molecule has 0 aliphatic heterocycles. The van der Waals surface area contributed by atoms with Crippen LogP contribution in [0.3, 0.4) is 0 Å². The number of hydrogen-bond acceptors (Lipinski definition) is 2. The number of benzene rings is 1. The summed E-state index contributed by atoms with van der Waals surface area (Å²) in [7, 11) is 1.96. The molecule has 0 amide bonds. The molecule has 0 bridgehead atoms. The lowest BCUT2D eigenvalue weighted by Gasteiger charge is -2.18. The van der Waals surface area contributed by atoms with E-state index in [1.807, 2.05) is 17.9 Å². The van der Waals surface area contributed by atoms with E-state index in [2.05, 4.69) is 63.7 Å². The normalized spacial score (nSPS) is 12.6. The molecule has 2 rings (SSSR count). The Labute approximate surface area is 129 Å². The van der Waals surface area contributed by atoms with E-state index in [-0.39, 0.29) is 0 Å². The number of halogens is 1. The van der Waals surface area contributed by atoms with Crippen molar-refractivity contribution in [1.29, 1.82) is 0 Å². The number of hydrogen-bond donors (Lipinski definition) is 1. The van der Waals surface area contributed by atoms with Crippen LogP contribution in [0.4, 0.5) is 0 Å². The van der Waals surface area contributed by atoms with Gasteiger partial charge in [0.2, 0.25) is 0 Å². The van der Waals surface area contributed by atoms with Gasteiger partial charge in [-0.15, -0.1) is 0 Å². The monoisotopic (exact) mass is 335 g/mol. The van der Waals surface area contributed by atoms with Crippen LogP contribution in [0.25, 0.3) is 0 Å². The lowest BCUT2D eigenvalue weighted by molar-refractivity contribution is 0.490. The SMILES string of the molecule is CCNC(CCc1cnn(C)c1)Cc1ccccc1Br. The van der Waals surface area contributed by atoms with Gasteiger partial charge in [0.15, 0.2) is 0 Å². The summed E-state index contributed by atoms with van der Waals surface area (Å²) in [5.74, 6) is 0. The summed E-state index contributed by atoms with van der Waals surface area (Å²) in [6, 6.07) is 8.96. The first-order chi connectivity index (χ1) is 9.69. The third-order valence-corrected chi connectivity index (χ3v) is 4.23. The van der Waals surface area contributed by atoms with Crippen molar-refractivity contribution in [2.45, 2.75) is 32.2 Å². The summed E-state index contributed by atoms with van der Waals surface area (Å²) in [5.41, 5.74) is 2.67. The van der Waals surface area contributed by atoms with Gasteiger partial charge in [-0.25, -0.2) is 0 Å². The minimum Gasteiger partial charge on any atom is -0.314 e. The molecule has 1 atom stereocenters. The summed E-state index contributed by atoms with van der Waals surface area (Å²) in [6.45, 7) is 3.17. The smallest absolute Gasteiger partial charge is 0.0521 e. The molecule has 1 aromatic carbocycles. The van der Waals surface area contributed by atoms with Gasteiger partial charge < -0.3 is 5.32 Å². The molecular weight excluding hydrogens is 314 g/mol. The quantitative estimate of drug-likeness (QED) is 0.840. The molecule has 3 nitrogen and oxygen atoms in total. The summed E-state index contributed by atoms with van der Waals surface area (Å²) in [4.78, 5) is 0. The van der Waals surface area contributed by atoms with Crippen LogP contribution in [0.15, 0.2) is 41.1 Å². The first kappa shape index (κ1) is 15.3. The molecular formula is C16H22BrN3. The molecule has 0 saturated heterocycles. The maximum atomic E-state index is 4.23. The first-order valence-electron chi connectivity index (χ1n) is 7.13. The fourth-order valence-corrected chi connectivity index (χ4v) is 2.88. The van der Waals surface area contributed by atoms with Crippen LogP contribution in [0.5, 0.6) is 0 Å². The van der Waals surface area contributed by atoms with Crippen molar-refractivity contribution in [3.63, 3.8) is 0 Å². The molecule has 20 heavy (non-hydrogen) atoms. The molecule has 1 heterocycles. The van der Waals surface area contributed by atoms with Crippen molar-refractivity contribution in [2.75, 3.05) is 6.54 Å². The molecule has 0 aliphatic carbocycles. The van der Waals surface area contributed by atoms with Crippen LogP contribution in [0.1, 0.15) is 24.5 Å². The largest absolute Gasteiger partial charge is 0.314 e. The highest BCUT2D eigenvalue weighted by atomic mass is 79.9. The number of nitrogens with one attached hydrogen (secondary N) is 1. The molecule has 108 valence electrons. The van der Waals surface area contributed by atoms with Crippen LogP contribution in [0.2, 0.25) is 0 Å². The van der Waals surface area contributed by atoms with Gasteiger partial charge in [0.05, 0.1) is 6.20 Å². The number of aromatic nitrogens is 2. The summed E-state index contributed by atoms with van der Waals surface area (Å²) in [5, 5.41) is 7.81. The van der Waals surface area contributed by atoms with Crippen molar-refractivity contribution in [1.82, 2.24) is 15.1 Å². The van der Waals surface area contributed by atoms with Crippen LogP contribution >= 0.6 is 15.9 Å². The Balaban J connectivity index is 1.95. The van der Waals surface area contributed by atoms with E-state index in [0.29, 0.717) is 6.04 Å². The third kappa shape index (κ3) is 4.46. The predicted octanol–water partition coefficient (Wildman–Crippen LogP) is 3.34. The molecule has 0 aliphatic rings. The zero-order valence-corrected chi connectivity index (χ0v) is 13.7. The molecule has 0 radical (unpaired) electrons.